The quantitative estimate of drug-likeness (QED) is 0.314. The number of carbonyl (C=O) groups is 4. The van der Waals surface area contributed by atoms with Gasteiger partial charge in [-0.2, -0.15) is 0 Å². The lowest BCUT2D eigenvalue weighted by Gasteiger charge is -2.39. The normalized spacial score (nSPS) is 27.5. The highest BCUT2D eigenvalue weighted by Crippen LogP contribution is 2.47. The number of carbonyl (C=O) groups excluding carboxylic acids is 4. The first kappa shape index (κ1) is 36.5. The molecule has 0 saturated heterocycles. The number of hydrogen-bond acceptors (Lipinski definition) is 8. The van der Waals surface area contributed by atoms with E-state index < -0.39 is 62.2 Å². The molecule has 2 N–H and O–H groups in total. The predicted octanol–water partition coefficient (Wildman–Crippen LogP) is 5.96. The van der Waals surface area contributed by atoms with E-state index in [9.17, 15) is 27.6 Å². The van der Waals surface area contributed by atoms with Crippen molar-refractivity contribution >= 4 is 45.1 Å². The third kappa shape index (κ3) is 8.33. The van der Waals surface area contributed by atoms with E-state index in [2.05, 4.69) is 10.6 Å². The van der Waals surface area contributed by atoms with Gasteiger partial charge in [-0.15, -0.1) is 0 Å². The smallest absolute Gasteiger partial charge is 0.408 e. The molecule has 3 fully saturated rings. The zero-order chi connectivity index (χ0) is 36.5. The van der Waals surface area contributed by atoms with Crippen molar-refractivity contribution < 1.29 is 37.1 Å². The Hall–Kier alpha value is -3.90. The van der Waals surface area contributed by atoms with Crippen molar-refractivity contribution in [1.82, 2.24) is 15.5 Å². The van der Waals surface area contributed by atoms with Gasteiger partial charge in [-0.3, -0.25) is 14.4 Å². The Morgan fingerprint density at radius 3 is 2.48 bits per heavy atom. The second kappa shape index (κ2) is 15.2. The van der Waals surface area contributed by atoms with Crippen LogP contribution in [0.15, 0.2) is 54.6 Å². The molecule has 0 radical (unpaired) electrons. The third-order valence-corrected chi connectivity index (χ3v) is 13.4. The Morgan fingerprint density at radius 2 is 1.71 bits per heavy atom. The van der Waals surface area contributed by atoms with Crippen LogP contribution in [0.1, 0.15) is 88.2 Å². The van der Waals surface area contributed by atoms with Crippen LogP contribution in [0, 0.1) is 5.92 Å². The van der Waals surface area contributed by atoms with Gasteiger partial charge in [0.2, 0.25) is 11.8 Å². The minimum atomic E-state index is -3.63. The Kier molecular flexibility index (Phi) is 10.7. The number of rotatable bonds is 8. The molecule has 11 nitrogen and oxygen atoms in total. The highest BCUT2D eigenvalue weighted by atomic mass is 35.5. The number of ether oxygens (including phenoxy) is 2. The Balaban J connectivity index is 1.19. The van der Waals surface area contributed by atoms with Crippen molar-refractivity contribution in [2.45, 2.75) is 119 Å². The van der Waals surface area contributed by atoms with Crippen molar-refractivity contribution in [3.05, 3.63) is 70.8 Å². The van der Waals surface area contributed by atoms with Gasteiger partial charge in [0.15, 0.2) is 15.6 Å². The predicted molar refractivity (Wildman–Crippen MR) is 195 cm³/mol. The average Bonchev–Trinajstić information content (AvgIpc) is 4.03. The molecular formula is C39H46ClN3O8S. The van der Waals surface area contributed by atoms with Gasteiger partial charge in [-0.25, -0.2) is 13.2 Å². The first-order valence-electron chi connectivity index (χ1n) is 18.6. The van der Waals surface area contributed by atoms with E-state index in [4.69, 9.17) is 21.1 Å². The Morgan fingerprint density at radius 1 is 0.942 bits per heavy atom. The van der Waals surface area contributed by atoms with E-state index in [1.165, 1.54) is 4.90 Å². The monoisotopic (exact) mass is 751 g/mol. The van der Waals surface area contributed by atoms with Gasteiger partial charge in [0.25, 0.3) is 0 Å². The van der Waals surface area contributed by atoms with Gasteiger partial charge >= 0.3 is 6.09 Å². The number of nitrogens with one attached hydrogen (secondary N) is 2. The molecule has 3 amide bonds. The highest BCUT2D eigenvalue weighted by molar-refractivity contribution is 7.93. The van der Waals surface area contributed by atoms with Gasteiger partial charge in [-0.05, 0) is 106 Å². The Bertz CT molecular complexity index is 1860. The molecule has 0 bridgehead atoms. The van der Waals surface area contributed by atoms with Gasteiger partial charge in [0, 0.05) is 23.9 Å². The summed E-state index contributed by atoms with van der Waals surface area (Å²) in [4.78, 5) is 57.4. The molecule has 4 atom stereocenters. The van der Waals surface area contributed by atoms with Crippen LogP contribution in [0.4, 0.5) is 4.79 Å². The largest absolute Gasteiger partial charge is 0.457 e. The minimum Gasteiger partial charge on any atom is -0.457 e. The summed E-state index contributed by atoms with van der Waals surface area (Å²) in [5.41, 5.74) is 0.232. The second-order valence-electron chi connectivity index (χ2n) is 15.0. The van der Waals surface area contributed by atoms with E-state index in [0.29, 0.717) is 48.6 Å². The summed E-state index contributed by atoms with van der Waals surface area (Å²) in [5, 5.41) is 5.83. The molecule has 52 heavy (non-hydrogen) atoms. The maximum Gasteiger partial charge on any atom is 0.408 e. The SMILES string of the molecule is O=C(N[C@H]1CCCCC/C=C\[C@@H]2C[C@@]2(C(=O)CS(=O)(=O)C2CC2)NC(=O)C2Cc3cc(Oc4cccc(Cl)c4)ccc3CN2C1=O)OC1CCCC1. The third-order valence-electron chi connectivity index (χ3n) is 11.0. The standard InChI is InChI=1S/C39H46ClN3O8S/c40-28-10-8-13-30(21-28)50-31-16-15-25-23-43-34(20-26(25)19-31)36(45)42-39(35(44)24-52(48,49)32-17-18-32)22-27(39)9-4-2-1-3-5-14-33(37(43)46)41-38(47)51-29-11-6-7-12-29/h4,8-10,13,15-16,19,21,27,29,32-34H,1-3,5-7,11-12,14,17-18,20,22-24H2,(H,41,47)(H,42,45)/b9-4-/t27-,33+,34?,39-/m1/s1. The van der Waals surface area contributed by atoms with Crippen LogP contribution in [-0.4, -0.2) is 71.7 Å². The van der Waals surface area contributed by atoms with Gasteiger partial charge in [0.05, 0.1) is 5.25 Å². The van der Waals surface area contributed by atoms with Gasteiger partial charge in [0.1, 0.15) is 41.0 Å². The van der Waals surface area contributed by atoms with Crippen LogP contribution >= 0.6 is 11.6 Å². The van der Waals surface area contributed by atoms with Crippen LogP contribution in [0.5, 0.6) is 11.5 Å². The topological polar surface area (TPSA) is 148 Å². The summed E-state index contributed by atoms with van der Waals surface area (Å²) < 4.78 is 37.6. The number of benzene rings is 2. The fourth-order valence-electron chi connectivity index (χ4n) is 7.81. The van der Waals surface area contributed by atoms with E-state index >= 15 is 0 Å². The van der Waals surface area contributed by atoms with Crippen molar-refractivity contribution in [3.8, 4) is 11.5 Å². The number of allylic oxidation sites excluding steroid dienone is 1. The maximum atomic E-state index is 14.5. The number of hydrogen-bond donors (Lipinski definition) is 2. The molecule has 0 aromatic heterocycles. The molecule has 3 saturated carbocycles. The lowest BCUT2D eigenvalue weighted by Crippen LogP contribution is -2.60. The average molecular weight is 752 g/mol. The zero-order valence-electron chi connectivity index (χ0n) is 29.2. The van der Waals surface area contributed by atoms with Crippen LogP contribution in [0.25, 0.3) is 0 Å². The molecule has 2 aromatic carbocycles. The molecule has 2 aromatic rings. The summed E-state index contributed by atoms with van der Waals surface area (Å²) in [6.07, 6.45) is 11.5. The van der Waals surface area contributed by atoms with E-state index in [-0.39, 0.29) is 25.0 Å². The number of alkyl carbamates (subject to hydrolysis) is 1. The molecule has 2 aliphatic heterocycles. The molecular weight excluding hydrogens is 706 g/mol. The second-order valence-corrected chi connectivity index (χ2v) is 17.7. The number of ketones is 1. The van der Waals surface area contributed by atoms with Gasteiger partial charge in [-0.1, -0.05) is 48.7 Å². The Labute approximate surface area is 309 Å². The first-order valence-corrected chi connectivity index (χ1v) is 20.7. The lowest BCUT2D eigenvalue weighted by atomic mass is 9.91. The van der Waals surface area contributed by atoms with Crippen LogP contribution < -0.4 is 15.4 Å². The van der Waals surface area contributed by atoms with E-state index in [1.807, 2.05) is 24.3 Å². The minimum absolute atomic E-state index is 0.0832. The number of fused-ring (bicyclic) bond motifs is 3. The van der Waals surface area contributed by atoms with Crippen molar-refractivity contribution in [2.75, 3.05) is 5.75 Å². The number of halogens is 1. The molecule has 1 unspecified atom stereocenters. The molecule has 0 spiro atoms. The van der Waals surface area contributed by atoms with Crippen LogP contribution in [0.2, 0.25) is 5.02 Å². The van der Waals surface area contributed by atoms with Crippen LogP contribution in [0.3, 0.4) is 0 Å². The summed E-state index contributed by atoms with van der Waals surface area (Å²) in [6.45, 7) is 0.0832. The maximum absolute atomic E-state index is 14.5. The molecule has 5 aliphatic rings. The van der Waals surface area contributed by atoms with Crippen LogP contribution in [-0.2, 0) is 41.9 Å². The fourth-order valence-corrected chi connectivity index (χ4v) is 9.70. The molecule has 2 heterocycles. The van der Waals surface area contributed by atoms with Crippen molar-refractivity contribution in [1.29, 1.82) is 0 Å². The fraction of sp³-hybridized carbons (Fsp3) is 0.538. The molecule has 3 aliphatic carbocycles. The summed E-state index contributed by atoms with van der Waals surface area (Å²) in [5.74, 6) is -1.39. The van der Waals surface area contributed by atoms with Crippen molar-refractivity contribution in [2.24, 2.45) is 5.92 Å². The summed E-state index contributed by atoms with van der Waals surface area (Å²) in [7, 11) is -3.63. The lowest BCUT2D eigenvalue weighted by molar-refractivity contribution is -0.144. The molecule has 13 heteroatoms. The molecule has 7 rings (SSSR count). The summed E-state index contributed by atoms with van der Waals surface area (Å²) >= 11 is 6.17. The zero-order valence-corrected chi connectivity index (χ0v) is 30.8. The number of amides is 3. The first-order chi connectivity index (χ1) is 25.0. The van der Waals surface area contributed by atoms with Gasteiger partial charge < -0.3 is 25.0 Å². The highest BCUT2D eigenvalue weighted by Gasteiger charge is 2.61. The van der Waals surface area contributed by atoms with E-state index in [1.54, 1.807) is 30.3 Å². The number of nitrogens with zero attached hydrogens (tertiary/aromatic N) is 1. The van der Waals surface area contributed by atoms with Crippen molar-refractivity contribution in [3.63, 3.8) is 0 Å². The molecule has 278 valence electrons. The van der Waals surface area contributed by atoms with E-state index in [0.717, 1.165) is 56.1 Å². The number of sulfone groups is 1. The number of Topliss-reactive ketones (excluding diaryl/α,β-unsaturated/α-hetero) is 1. The summed E-state index contributed by atoms with van der Waals surface area (Å²) in [6, 6.07) is 10.5.